The van der Waals surface area contributed by atoms with Crippen LogP contribution in [0.4, 0.5) is 5.69 Å². The lowest BCUT2D eigenvalue weighted by Gasteiger charge is -2.22. The van der Waals surface area contributed by atoms with Crippen molar-refractivity contribution in [3.8, 4) is 0 Å². The molecule has 1 aromatic rings. The van der Waals surface area contributed by atoms with Gasteiger partial charge in [0, 0.05) is 10.3 Å². The van der Waals surface area contributed by atoms with Gasteiger partial charge in [0.25, 0.3) is 0 Å². The van der Waals surface area contributed by atoms with E-state index in [1.54, 1.807) is 11.3 Å². The second kappa shape index (κ2) is 3.90. The van der Waals surface area contributed by atoms with E-state index in [4.69, 9.17) is 9.47 Å². The summed E-state index contributed by atoms with van der Waals surface area (Å²) in [5.41, 5.74) is 0.769. The summed E-state index contributed by atoms with van der Waals surface area (Å²) in [7, 11) is 0. The molecule has 1 aromatic heterocycles. The van der Waals surface area contributed by atoms with E-state index in [0.29, 0.717) is 0 Å². The SMILES string of the molecule is Cc1cc(NC2OC(=O)CC(=O)O2)cs1. The van der Waals surface area contributed by atoms with Crippen molar-refractivity contribution in [3.05, 3.63) is 16.3 Å². The summed E-state index contributed by atoms with van der Waals surface area (Å²) in [6.07, 6.45) is -1.33. The third kappa shape index (κ3) is 2.47. The Hall–Kier alpha value is -1.56. The molecule has 0 aliphatic carbocycles. The molecule has 0 bridgehead atoms. The molecule has 0 spiro atoms. The second-order valence-corrected chi connectivity index (χ2v) is 4.19. The molecule has 0 aromatic carbocycles. The van der Waals surface area contributed by atoms with Crippen molar-refractivity contribution in [3.63, 3.8) is 0 Å². The number of rotatable bonds is 2. The summed E-state index contributed by atoms with van der Waals surface area (Å²) in [4.78, 5) is 23.0. The van der Waals surface area contributed by atoms with Crippen LogP contribution in [0.1, 0.15) is 11.3 Å². The molecule has 0 amide bonds. The van der Waals surface area contributed by atoms with E-state index in [1.807, 2.05) is 18.4 Å². The maximum absolute atomic E-state index is 10.9. The summed E-state index contributed by atoms with van der Waals surface area (Å²) in [5.74, 6) is -1.15. The van der Waals surface area contributed by atoms with E-state index in [2.05, 4.69) is 5.32 Å². The normalized spacial score (nSPS) is 17.1. The Morgan fingerprint density at radius 1 is 1.40 bits per heavy atom. The van der Waals surface area contributed by atoms with E-state index in [0.717, 1.165) is 10.6 Å². The third-order valence-electron chi connectivity index (χ3n) is 1.78. The van der Waals surface area contributed by atoms with Gasteiger partial charge in [-0.3, -0.25) is 9.59 Å². The highest BCUT2D eigenvalue weighted by molar-refractivity contribution is 7.10. The number of anilines is 1. The quantitative estimate of drug-likeness (QED) is 0.608. The van der Waals surface area contributed by atoms with Gasteiger partial charge in [0.2, 0.25) is 0 Å². The van der Waals surface area contributed by atoms with Crippen molar-refractivity contribution >= 4 is 29.0 Å². The maximum Gasteiger partial charge on any atom is 0.329 e. The van der Waals surface area contributed by atoms with Crippen LogP contribution in [0.5, 0.6) is 0 Å². The van der Waals surface area contributed by atoms with Crippen LogP contribution >= 0.6 is 11.3 Å². The van der Waals surface area contributed by atoms with Gasteiger partial charge in [-0.1, -0.05) is 0 Å². The molecule has 2 rings (SSSR count). The Bertz CT molecular complexity index is 385. The van der Waals surface area contributed by atoms with Gasteiger partial charge in [-0.05, 0) is 13.0 Å². The first-order valence-electron chi connectivity index (χ1n) is 4.34. The van der Waals surface area contributed by atoms with Crippen LogP contribution in [0.25, 0.3) is 0 Å². The van der Waals surface area contributed by atoms with Crippen LogP contribution in [-0.4, -0.2) is 18.4 Å². The zero-order valence-electron chi connectivity index (χ0n) is 7.98. The summed E-state index contributed by atoms with van der Waals surface area (Å²) in [6, 6.07) is 1.88. The summed E-state index contributed by atoms with van der Waals surface area (Å²) in [5, 5.41) is 4.64. The third-order valence-corrected chi connectivity index (χ3v) is 2.64. The van der Waals surface area contributed by atoms with E-state index >= 15 is 0 Å². The number of hydrogen-bond donors (Lipinski definition) is 1. The van der Waals surface area contributed by atoms with E-state index in [-0.39, 0.29) is 6.42 Å². The summed E-state index contributed by atoms with van der Waals surface area (Å²) in [6.45, 7) is 1.95. The average Bonchev–Trinajstić information content (AvgIpc) is 2.49. The summed E-state index contributed by atoms with van der Waals surface area (Å²) >= 11 is 1.55. The van der Waals surface area contributed by atoms with Crippen molar-refractivity contribution in [1.29, 1.82) is 0 Å². The van der Waals surface area contributed by atoms with Gasteiger partial charge in [0.1, 0.15) is 6.42 Å². The predicted molar refractivity (Wildman–Crippen MR) is 53.3 cm³/mol. The molecular formula is C9H9NO4S. The van der Waals surface area contributed by atoms with Crippen molar-refractivity contribution in [2.24, 2.45) is 0 Å². The van der Waals surface area contributed by atoms with Crippen molar-refractivity contribution < 1.29 is 19.1 Å². The minimum Gasteiger partial charge on any atom is -0.406 e. The Labute approximate surface area is 90.0 Å². The minimum absolute atomic E-state index is 0.319. The average molecular weight is 227 g/mol. The largest absolute Gasteiger partial charge is 0.406 e. The van der Waals surface area contributed by atoms with Gasteiger partial charge in [-0.25, -0.2) is 0 Å². The number of nitrogens with one attached hydrogen (secondary N) is 1. The van der Waals surface area contributed by atoms with Gasteiger partial charge in [-0.15, -0.1) is 11.3 Å². The number of carbonyl (C=O) groups excluding carboxylic acids is 2. The van der Waals surface area contributed by atoms with Crippen LogP contribution in [0.2, 0.25) is 0 Å². The first-order valence-corrected chi connectivity index (χ1v) is 5.22. The van der Waals surface area contributed by atoms with Crippen molar-refractivity contribution in [2.75, 3.05) is 5.32 Å². The zero-order chi connectivity index (χ0) is 10.8. The Kier molecular flexibility index (Phi) is 2.59. The second-order valence-electron chi connectivity index (χ2n) is 3.08. The number of ether oxygens (including phenoxy) is 2. The zero-order valence-corrected chi connectivity index (χ0v) is 8.80. The number of thiophene rings is 1. The van der Waals surface area contributed by atoms with Crippen molar-refractivity contribution in [2.45, 2.75) is 19.8 Å². The molecule has 2 heterocycles. The molecular weight excluding hydrogens is 218 g/mol. The first-order chi connectivity index (χ1) is 7.13. The highest BCUT2D eigenvalue weighted by atomic mass is 32.1. The molecule has 5 nitrogen and oxygen atoms in total. The molecule has 1 N–H and O–H groups in total. The molecule has 1 fully saturated rings. The molecule has 1 aliphatic heterocycles. The number of carbonyl (C=O) groups is 2. The number of cyclic esters (lactones) is 2. The van der Waals surface area contributed by atoms with Gasteiger partial charge in [-0.2, -0.15) is 0 Å². The van der Waals surface area contributed by atoms with Crippen LogP contribution in [0, 0.1) is 6.92 Å². The molecule has 0 unspecified atom stereocenters. The molecule has 1 aliphatic rings. The van der Waals surface area contributed by atoms with Gasteiger partial charge in [0.05, 0.1) is 5.69 Å². The van der Waals surface area contributed by atoms with Gasteiger partial charge < -0.3 is 14.8 Å². The highest BCUT2D eigenvalue weighted by Gasteiger charge is 2.27. The minimum atomic E-state index is -1.01. The van der Waals surface area contributed by atoms with Crippen LogP contribution in [0.3, 0.4) is 0 Å². The fourth-order valence-electron chi connectivity index (χ4n) is 1.18. The Morgan fingerprint density at radius 3 is 2.60 bits per heavy atom. The fourth-order valence-corrected chi connectivity index (χ4v) is 1.82. The molecule has 80 valence electrons. The van der Waals surface area contributed by atoms with E-state index in [9.17, 15) is 9.59 Å². The van der Waals surface area contributed by atoms with Gasteiger partial charge >= 0.3 is 18.4 Å². The lowest BCUT2D eigenvalue weighted by atomic mass is 10.4. The van der Waals surface area contributed by atoms with Crippen LogP contribution in [-0.2, 0) is 19.1 Å². The Morgan fingerprint density at radius 2 is 2.07 bits per heavy atom. The summed E-state index contributed by atoms with van der Waals surface area (Å²) < 4.78 is 9.56. The fraction of sp³-hybridized carbons (Fsp3) is 0.333. The highest BCUT2D eigenvalue weighted by Crippen LogP contribution is 2.20. The monoisotopic (exact) mass is 227 g/mol. The molecule has 0 saturated carbocycles. The first kappa shape index (κ1) is 9.97. The van der Waals surface area contributed by atoms with E-state index in [1.165, 1.54) is 0 Å². The lowest BCUT2D eigenvalue weighted by molar-refractivity contribution is -0.197. The van der Waals surface area contributed by atoms with Crippen LogP contribution < -0.4 is 5.32 Å². The molecule has 0 radical (unpaired) electrons. The predicted octanol–water partition coefficient (Wildman–Crippen LogP) is 1.24. The maximum atomic E-state index is 10.9. The lowest BCUT2D eigenvalue weighted by Crippen LogP contribution is -2.37. The smallest absolute Gasteiger partial charge is 0.329 e. The standard InChI is InChI=1S/C9H9NO4S/c1-5-2-6(4-15-5)10-9-13-7(11)3-8(12)14-9/h2,4,9-10H,3H2,1H3. The van der Waals surface area contributed by atoms with Crippen molar-refractivity contribution in [1.82, 2.24) is 0 Å². The molecule has 0 atom stereocenters. The Balaban J connectivity index is 2.00. The van der Waals surface area contributed by atoms with E-state index < -0.39 is 18.4 Å². The van der Waals surface area contributed by atoms with Crippen LogP contribution in [0.15, 0.2) is 11.4 Å². The topological polar surface area (TPSA) is 64.6 Å². The van der Waals surface area contributed by atoms with Gasteiger partial charge in [0.15, 0.2) is 0 Å². The molecule has 1 saturated heterocycles. The number of esters is 2. The molecule has 15 heavy (non-hydrogen) atoms. The number of hydrogen-bond acceptors (Lipinski definition) is 6. The number of aryl methyl sites for hydroxylation is 1. The molecule has 6 heteroatoms.